The van der Waals surface area contributed by atoms with Crippen LogP contribution < -0.4 is 0 Å². The van der Waals surface area contributed by atoms with Gasteiger partial charge in [0.2, 0.25) is 0 Å². The molecule has 62 heavy (non-hydrogen) atoms. The molecular weight excluding hydrogens is 793 g/mol. The van der Waals surface area contributed by atoms with E-state index in [1.807, 2.05) is 123 Å². The molecule has 0 atom stereocenters. The number of benzene rings is 8. The van der Waals surface area contributed by atoms with Gasteiger partial charge in [-0.1, -0.05) is 103 Å². The van der Waals surface area contributed by atoms with Crippen LogP contribution in [0, 0.1) is 25.2 Å². The highest BCUT2D eigenvalue weighted by atomic mass is 19.4. The quantitative estimate of drug-likeness (QED) is 0.159. The average Bonchev–Trinajstić information content (AvgIpc) is 3.77. The lowest BCUT2D eigenvalue weighted by Gasteiger charge is -2.25. The van der Waals surface area contributed by atoms with Crippen molar-refractivity contribution < 1.29 is 26.3 Å². The number of hydrogen-bond acceptors (Lipinski definition) is 1. The molecule has 0 aliphatic carbocycles. The second kappa shape index (κ2) is 14.3. The number of fused-ring (bicyclic) bond motifs is 6. The maximum atomic E-state index is 15.5. The van der Waals surface area contributed by atoms with Crippen molar-refractivity contribution in [3.63, 3.8) is 0 Å². The minimum atomic E-state index is -5.20. The predicted octanol–water partition coefficient (Wildman–Crippen LogP) is 15.4. The fraction of sp³-hybridized carbons (Fsp3) is 0.0755. The lowest BCUT2D eigenvalue weighted by molar-refractivity contribution is -0.142. The van der Waals surface area contributed by atoms with Crippen molar-refractivity contribution in [2.75, 3.05) is 0 Å². The molecule has 0 saturated heterocycles. The number of hydrogen-bond donors (Lipinski definition) is 0. The monoisotopic (exact) mass is 825 g/mol. The highest BCUT2D eigenvalue weighted by molar-refractivity contribution is 6.13. The lowest BCUT2D eigenvalue weighted by Crippen LogP contribution is -2.16. The number of para-hydroxylation sites is 2. The van der Waals surface area contributed by atoms with Crippen molar-refractivity contribution in [3.05, 3.63) is 192 Å². The molecular formula is C53H33F6N3. The molecule has 0 radical (unpaired) electrons. The third kappa shape index (κ3) is 6.13. The van der Waals surface area contributed by atoms with Crippen molar-refractivity contribution in [2.45, 2.75) is 26.2 Å². The van der Waals surface area contributed by atoms with Crippen LogP contribution in [-0.4, -0.2) is 9.13 Å². The zero-order valence-corrected chi connectivity index (χ0v) is 33.2. The summed E-state index contributed by atoms with van der Waals surface area (Å²) in [5.74, 6) is 0. The standard InChI is InChI=1S/C53H33F6N3/c1-31-12-3-5-14-36(31)34-22-24-46-40(28-34)38-16-7-9-20-44(38)61(46)48-26-33(30-60)27-49(51(48)50-42(52(54,55)56)18-11-19-43(50)53(57,58)59)62-45-21-10-8-17-39(45)41-29-35(23-25-47(41)62)37-15-6-4-13-32(37)2/h3-29H,1-2H3. The first kappa shape index (κ1) is 38.6. The van der Waals surface area contributed by atoms with Crippen molar-refractivity contribution in [1.82, 2.24) is 9.13 Å². The van der Waals surface area contributed by atoms with Crippen molar-refractivity contribution >= 4 is 43.6 Å². The van der Waals surface area contributed by atoms with Crippen LogP contribution in [0.4, 0.5) is 26.3 Å². The second-order valence-electron chi connectivity index (χ2n) is 15.5. The van der Waals surface area contributed by atoms with Gasteiger partial charge in [-0.3, -0.25) is 0 Å². The molecule has 0 aliphatic rings. The van der Waals surface area contributed by atoms with Gasteiger partial charge < -0.3 is 9.13 Å². The Labute approximate surface area is 351 Å². The van der Waals surface area contributed by atoms with Crippen molar-refractivity contribution in [1.29, 1.82) is 5.26 Å². The number of aryl methyl sites for hydroxylation is 2. The van der Waals surface area contributed by atoms with E-state index >= 15 is 26.3 Å². The third-order valence-electron chi connectivity index (χ3n) is 11.9. The Balaban J connectivity index is 1.40. The summed E-state index contributed by atoms with van der Waals surface area (Å²) in [6.07, 6.45) is -10.4. The van der Waals surface area contributed by atoms with Crippen molar-refractivity contribution in [2.24, 2.45) is 0 Å². The van der Waals surface area contributed by atoms with Crippen LogP contribution in [0.1, 0.15) is 27.8 Å². The molecule has 0 N–H and O–H groups in total. The van der Waals surface area contributed by atoms with E-state index in [4.69, 9.17) is 0 Å². The van der Waals surface area contributed by atoms with Gasteiger partial charge in [-0.25, -0.2) is 0 Å². The molecule has 9 heteroatoms. The number of nitrogens with zero attached hydrogens (tertiary/aromatic N) is 3. The molecule has 2 aromatic heterocycles. The molecule has 8 aromatic carbocycles. The minimum absolute atomic E-state index is 0.0152. The molecule has 2 heterocycles. The molecule has 0 unspecified atom stereocenters. The Hall–Kier alpha value is -7.57. The Morgan fingerprint density at radius 2 is 0.823 bits per heavy atom. The topological polar surface area (TPSA) is 33.6 Å². The fourth-order valence-electron chi connectivity index (χ4n) is 9.17. The zero-order valence-electron chi connectivity index (χ0n) is 33.2. The molecule has 302 valence electrons. The van der Waals surface area contributed by atoms with Gasteiger partial charge in [-0.15, -0.1) is 0 Å². The number of nitriles is 1. The summed E-state index contributed by atoms with van der Waals surface area (Å²) in [5, 5.41) is 13.6. The number of alkyl halides is 6. The summed E-state index contributed by atoms with van der Waals surface area (Å²) < 4.78 is 96.1. The van der Waals surface area contributed by atoms with E-state index in [0.717, 1.165) is 61.0 Å². The molecule has 0 saturated carbocycles. The molecule has 0 fully saturated rings. The normalized spacial score (nSPS) is 12.2. The van der Waals surface area contributed by atoms with E-state index in [0.29, 0.717) is 34.2 Å². The van der Waals surface area contributed by atoms with E-state index in [-0.39, 0.29) is 22.5 Å². The molecule has 10 aromatic rings. The van der Waals surface area contributed by atoms with Crippen molar-refractivity contribution in [3.8, 4) is 50.8 Å². The van der Waals surface area contributed by atoms with Gasteiger partial charge in [0.1, 0.15) is 0 Å². The molecule has 0 spiro atoms. The van der Waals surface area contributed by atoms with Gasteiger partial charge in [0.25, 0.3) is 0 Å². The first-order valence-electron chi connectivity index (χ1n) is 19.9. The first-order valence-corrected chi connectivity index (χ1v) is 19.9. The van der Waals surface area contributed by atoms with Gasteiger partial charge in [0, 0.05) is 32.7 Å². The van der Waals surface area contributed by atoms with Crippen LogP contribution in [0.3, 0.4) is 0 Å². The van der Waals surface area contributed by atoms with Crippen LogP contribution in [-0.2, 0) is 12.4 Å². The van der Waals surface area contributed by atoms with Crippen LogP contribution >= 0.6 is 0 Å². The average molecular weight is 826 g/mol. The highest BCUT2D eigenvalue weighted by Crippen LogP contribution is 2.51. The number of rotatable bonds is 5. The minimum Gasteiger partial charge on any atom is -0.308 e. The van der Waals surface area contributed by atoms with E-state index in [1.165, 1.54) is 12.1 Å². The second-order valence-corrected chi connectivity index (χ2v) is 15.5. The molecule has 0 bridgehead atoms. The number of aromatic nitrogens is 2. The summed E-state index contributed by atoms with van der Waals surface area (Å²) in [6, 6.07) is 49.0. The van der Waals surface area contributed by atoms with Gasteiger partial charge in [0.15, 0.2) is 0 Å². The van der Waals surface area contributed by atoms with Gasteiger partial charge >= 0.3 is 12.4 Å². The summed E-state index contributed by atoms with van der Waals surface area (Å²) in [7, 11) is 0. The molecule has 0 amide bonds. The maximum Gasteiger partial charge on any atom is 0.417 e. The molecule has 0 aliphatic heterocycles. The SMILES string of the molecule is Cc1ccccc1-c1ccc2c(c1)c1ccccc1n2-c1cc(C#N)cc(-n2c3ccccc3c3cc(-c4ccccc4C)ccc32)c1-c1c(C(F)(F)F)cccc1C(F)(F)F. The van der Waals surface area contributed by atoms with Crippen LogP contribution in [0.15, 0.2) is 164 Å². The zero-order chi connectivity index (χ0) is 43.1. The van der Waals surface area contributed by atoms with Crippen LogP contribution in [0.25, 0.3) is 88.4 Å². The van der Waals surface area contributed by atoms with Crippen LogP contribution in [0.5, 0.6) is 0 Å². The smallest absolute Gasteiger partial charge is 0.308 e. The summed E-state index contributed by atoms with van der Waals surface area (Å²) in [4.78, 5) is 0. The van der Waals surface area contributed by atoms with Gasteiger partial charge in [0.05, 0.1) is 56.2 Å². The first-order chi connectivity index (χ1) is 29.8. The Kier molecular flexibility index (Phi) is 8.89. The Morgan fingerprint density at radius 1 is 0.419 bits per heavy atom. The highest BCUT2D eigenvalue weighted by Gasteiger charge is 2.43. The fourth-order valence-corrected chi connectivity index (χ4v) is 9.17. The maximum absolute atomic E-state index is 15.5. The lowest BCUT2D eigenvalue weighted by atomic mass is 9.89. The number of halogens is 6. The Bertz CT molecular complexity index is 3270. The molecule has 10 rings (SSSR count). The van der Waals surface area contributed by atoms with E-state index in [2.05, 4.69) is 6.07 Å². The molecule has 3 nitrogen and oxygen atoms in total. The van der Waals surface area contributed by atoms with E-state index in [9.17, 15) is 5.26 Å². The van der Waals surface area contributed by atoms with E-state index < -0.39 is 29.0 Å². The summed E-state index contributed by atoms with van der Waals surface area (Å²) >= 11 is 0. The summed E-state index contributed by atoms with van der Waals surface area (Å²) in [5.41, 5.74) is 3.69. The largest absolute Gasteiger partial charge is 0.417 e. The third-order valence-corrected chi connectivity index (χ3v) is 11.9. The van der Waals surface area contributed by atoms with Crippen LogP contribution in [0.2, 0.25) is 0 Å². The predicted molar refractivity (Wildman–Crippen MR) is 236 cm³/mol. The summed E-state index contributed by atoms with van der Waals surface area (Å²) in [6.45, 7) is 4.00. The van der Waals surface area contributed by atoms with Gasteiger partial charge in [-0.05, 0) is 108 Å². The Morgan fingerprint density at radius 3 is 1.24 bits per heavy atom. The van der Waals surface area contributed by atoms with Gasteiger partial charge in [-0.2, -0.15) is 31.6 Å². The van der Waals surface area contributed by atoms with E-state index in [1.54, 1.807) is 33.4 Å².